The standard InChI is InChI=1S/C14H17ClN2O3/c1-3-16-13(18)9-17(2)12-8-11(15)6-4-10(12)5-7-14(19)20/h4-8H,3,9H2,1-2H3,(H,16,18)(H,19,20)/b7-5+. The second kappa shape index (κ2) is 7.55. The maximum Gasteiger partial charge on any atom is 0.328 e. The Kier molecular flexibility index (Phi) is 6.06. The Balaban J connectivity index is 2.99. The van der Waals surface area contributed by atoms with E-state index in [-0.39, 0.29) is 12.5 Å². The van der Waals surface area contributed by atoms with Crippen LogP contribution < -0.4 is 10.2 Å². The first-order valence-corrected chi connectivity index (χ1v) is 6.50. The fraction of sp³-hybridized carbons (Fsp3) is 0.286. The van der Waals surface area contributed by atoms with Gasteiger partial charge in [0.05, 0.1) is 6.54 Å². The highest BCUT2D eigenvalue weighted by atomic mass is 35.5. The molecule has 1 rings (SSSR count). The lowest BCUT2D eigenvalue weighted by molar-refractivity contribution is -0.131. The molecule has 0 unspecified atom stereocenters. The fourth-order valence-corrected chi connectivity index (χ4v) is 1.87. The highest BCUT2D eigenvalue weighted by Gasteiger charge is 2.10. The molecule has 5 nitrogen and oxygen atoms in total. The largest absolute Gasteiger partial charge is 0.478 e. The van der Waals surface area contributed by atoms with Gasteiger partial charge in [0.15, 0.2) is 0 Å². The van der Waals surface area contributed by atoms with Crippen LogP contribution in [0.3, 0.4) is 0 Å². The molecule has 0 aliphatic carbocycles. The normalized spacial score (nSPS) is 10.6. The Hall–Kier alpha value is -2.01. The van der Waals surface area contributed by atoms with Crippen LogP contribution in [-0.4, -0.2) is 37.1 Å². The predicted molar refractivity (Wildman–Crippen MR) is 80.1 cm³/mol. The molecular weight excluding hydrogens is 280 g/mol. The third-order valence-corrected chi connectivity index (χ3v) is 2.80. The number of anilines is 1. The van der Waals surface area contributed by atoms with Crippen LogP contribution in [0.2, 0.25) is 5.02 Å². The van der Waals surface area contributed by atoms with E-state index in [2.05, 4.69) is 5.32 Å². The molecule has 0 spiro atoms. The number of nitrogens with zero attached hydrogens (tertiary/aromatic N) is 1. The van der Waals surface area contributed by atoms with E-state index < -0.39 is 5.97 Å². The number of carboxylic acid groups (broad SMARTS) is 1. The van der Waals surface area contributed by atoms with Gasteiger partial charge in [0.2, 0.25) is 5.91 Å². The summed E-state index contributed by atoms with van der Waals surface area (Å²) < 4.78 is 0. The highest BCUT2D eigenvalue weighted by Crippen LogP contribution is 2.25. The monoisotopic (exact) mass is 296 g/mol. The van der Waals surface area contributed by atoms with Gasteiger partial charge in [-0.2, -0.15) is 0 Å². The Labute approximate surface area is 122 Å². The fourth-order valence-electron chi connectivity index (χ4n) is 1.70. The molecule has 1 aromatic rings. The summed E-state index contributed by atoms with van der Waals surface area (Å²) in [6.07, 6.45) is 2.52. The van der Waals surface area contributed by atoms with Gasteiger partial charge in [0, 0.05) is 30.4 Å². The first-order chi connectivity index (χ1) is 9.43. The minimum Gasteiger partial charge on any atom is -0.478 e. The van der Waals surface area contributed by atoms with Crippen molar-refractivity contribution in [2.45, 2.75) is 6.92 Å². The van der Waals surface area contributed by atoms with Gasteiger partial charge in [0.25, 0.3) is 0 Å². The zero-order valence-electron chi connectivity index (χ0n) is 11.4. The molecule has 2 N–H and O–H groups in total. The summed E-state index contributed by atoms with van der Waals surface area (Å²) in [7, 11) is 1.75. The summed E-state index contributed by atoms with van der Waals surface area (Å²) in [5, 5.41) is 11.9. The number of likely N-dealkylation sites (N-methyl/N-ethyl adjacent to an activating group) is 2. The molecule has 1 aromatic carbocycles. The van der Waals surface area contributed by atoms with Crippen molar-refractivity contribution in [3.63, 3.8) is 0 Å². The van der Waals surface area contributed by atoms with Gasteiger partial charge in [-0.3, -0.25) is 4.79 Å². The SMILES string of the molecule is CCNC(=O)CN(C)c1cc(Cl)ccc1/C=C/C(=O)O. The van der Waals surface area contributed by atoms with Gasteiger partial charge in [-0.1, -0.05) is 17.7 Å². The Bertz CT molecular complexity index is 529. The van der Waals surface area contributed by atoms with Crippen molar-refractivity contribution < 1.29 is 14.7 Å². The van der Waals surface area contributed by atoms with Gasteiger partial charge in [-0.25, -0.2) is 4.79 Å². The number of carbonyl (C=O) groups is 2. The third kappa shape index (κ3) is 4.93. The predicted octanol–water partition coefficient (Wildman–Crippen LogP) is 2.01. The van der Waals surface area contributed by atoms with E-state index in [1.165, 1.54) is 6.08 Å². The van der Waals surface area contributed by atoms with Crippen molar-refractivity contribution in [3.8, 4) is 0 Å². The average molecular weight is 297 g/mol. The summed E-state index contributed by atoms with van der Waals surface area (Å²) in [6.45, 7) is 2.58. The lowest BCUT2D eigenvalue weighted by atomic mass is 10.1. The number of halogens is 1. The maximum absolute atomic E-state index is 11.6. The number of benzene rings is 1. The van der Waals surface area contributed by atoms with E-state index in [0.29, 0.717) is 22.8 Å². The van der Waals surface area contributed by atoms with E-state index in [9.17, 15) is 9.59 Å². The molecule has 0 aliphatic heterocycles. The molecule has 0 fully saturated rings. The molecule has 20 heavy (non-hydrogen) atoms. The zero-order valence-corrected chi connectivity index (χ0v) is 12.1. The zero-order chi connectivity index (χ0) is 15.1. The van der Waals surface area contributed by atoms with Crippen molar-refractivity contribution in [2.24, 2.45) is 0 Å². The van der Waals surface area contributed by atoms with Crippen molar-refractivity contribution in [1.82, 2.24) is 5.32 Å². The van der Waals surface area contributed by atoms with Crippen molar-refractivity contribution in [2.75, 3.05) is 25.0 Å². The minimum absolute atomic E-state index is 0.108. The van der Waals surface area contributed by atoms with Crippen LogP contribution in [0, 0.1) is 0 Å². The molecule has 0 bridgehead atoms. The average Bonchev–Trinajstić information content (AvgIpc) is 2.37. The number of amides is 1. The minimum atomic E-state index is -1.03. The lowest BCUT2D eigenvalue weighted by Gasteiger charge is -2.21. The molecule has 0 aliphatic rings. The second-order valence-electron chi connectivity index (χ2n) is 4.18. The van der Waals surface area contributed by atoms with Gasteiger partial charge < -0.3 is 15.3 Å². The van der Waals surface area contributed by atoms with Gasteiger partial charge >= 0.3 is 5.97 Å². The Morgan fingerprint density at radius 1 is 1.45 bits per heavy atom. The molecule has 6 heteroatoms. The number of hydrogen-bond acceptors (Lipinski definition) is 3. The van der Waals surface area contributed by atoms with E-state index in [4.69, 9.17) is 16.7 Å². The number of carboxylic acids is 1. The topological polar surface area (TPSA) is 69.6 Å². The lowest BCUT2D eigenvalue weighted by Crippen LogP contribution is -2.35. The summed E-state index contributed by atoms with van der Waals surface area (Å²) in [5.74, 6) is -1.14. The van der Waals surface area contributed by atoms with Crippen molar-refractivity contribution in [3.05, 3.63) is 34.9 Å². The summed E-state index contributed by atoms with van der Waals surface area (Å²) in [4.78, 5) is 23.9. The first-order valence-electron chi connectivity index (χ1n) is 6.12. The molecule has 0 radical (unpaired) electrons. The van der Waals surface area contributed by atoms with Crippen LogP contribution in [0.4, 0.5) is 5.69 Å². The molecule has 108 valence electrons. The third-order valence-electron chi connectivity index (χ3n) is 2.56. The van der Waals surface area contributed by atoms with Crippen LogP contribution >= 0.6 is 11.6 Å². The molecule has 0 atom stereocenters. The summed E-state index contributed by atoms with van der Waals surface area (Å²) in [6, 6.07) is 5.08. The van der Waals surface area contributed by atoms with Crippen LogP contribution in [0.15, 0.2) is 24.3 Å². The van der Waals surface area contributed by atoms with E-state index in [1.54, 1.807) is 30.1 Å². The number of aliphatic carboxylic acids is 1. The molecule has 1 amide bonds. The van der Waals surface area contributed by atoms with Crippen molar-refractivity contribution >= 4 is 35.2 Å². The summed E-state index contributed by atoms with van der Waals surface area (Å²) in [5.41, 5.74) is 1.38. The molecular formula is C14H17ClN2O3. The number of hydrogen-bond donors (Lipinski definition) is 2. The number of rotatable bonds is 6. The van der Waals surface area contributed by atoms with E-state index in [0.717, 1.165) is 6.08 Å². The van der Waals surface area contributed by atoms with Gasteiger partial charge in [0.1, 0.15) is 0 Å². The van der Waals surface area contributed by atoms with E-state index in [1.807, 2.05) is 6.92 Å². The first kappa shape index (κ1) is 16.0. The second-order valence-corrected chi connectivity index (χ2v) is 4.62. The van der Waals surface area contributed by atoms with Crippen LogP contribution in [0.25, 0.3) is 6.08 Å². The van der Waals surface area contributed by atoms with Crippen molar-refractivity contribution in [1.29, 1.82) is 0 Å². The maximum atomic E-state index is 11.6. The Morgan fingerprint density at radius 2 is 2.15 bits per heavy atom. The quantitative estimate of drug-likeness (QED) is 0.788. The highest BCUT2D eigenvalue weighted by molar-refractivity contribution is 6.31. The molecule has 0 heterocycles. The van der Waals surface area contributed by atoms with Crippen LogP contribution in [0.5, 0.6) is 0 Å². The van der Waals surface area contributed by atoms with Gasteiger partial charge in [-0.05, 0) is 30.7 Å². The van der Waals surface area contributed by atoms with Crippen LogP contribution in [0.1, 0.15) is 12.5 Å². The van der Waals surface area contributed by atoms with Crippen LogP contribution in [-0.2, 0) is 9.59 Å². The van der Waals surface area contributed by atoms with E-state index >= 15 is 0 Å². The molecule has 0 saturated carbocycles. The number of carbonyl (C=O) groups excluding carboxylic acids is 1. The smallest absolute Gasteiger partial charge is 0.328 e. The van der Waals surface area contributed by atoms with Gasteiger partial charge in [-0.15, -0.1) is 0 Å². The molecule has 0 saturated heterocycles. The Morgan fingerprint density at radius 3 is 2.75 bits per heavy atom. The number of nitrogens with one attached hydrogen (secondary N) is 1. The molecule has 0 aromatic heterocycles. The summed E-state index contributed by atoms with van der Waals surface area (Å²) >= 11 is 5.95.